The minimum atomic E-state index is -3.79. The van der Waals surface area contributed by atoms with E-state index >= 15 is 0 Å². The van der Waals surface area contributed by atoms with Crippen LogP contribution in [0.1, 0.15) is 0 Å². The number of sulfonamides is 1. The minimum absolute atomic E-state index is 0.219. The van der Waals surface area contributed by atoms with Crippen LogP contribution in [-0.2, 0) is 14.8 Å². The molecule has 0 aliphatic rings. The van der Waals surface area contributed by atoms with Crippen LogP contribution >= 0.6 is 11.8 Å². The lowest BCUT2D eigenvalue weighted by Gasteiger charge is -2.24. The monoisotopic (exact) mass is 472 g/mol. The van der Waals surface area contributed by atoms with Crippen LogP contribution in [0.15, 0.2) is 82.6 Å². The summed E-state index contributed by atoms with van der Waals surface area (Å²) in [4.78, 5) is 14.8. The van der Waals surface area contributed by atoms with E-state index in [-0.39, 0.29) is 5.69 Å². The van der Waals surface area contributed by atoms with Gasteiger partial charge in [-0.2, -0.15) is 0 Å². The first-order valence-corrected chi connectivity index (χ1v) is 12.3. The number of carbonyl (C=O) groups is 1. The van der Waals surface area contributed by atoms with Crippen molar-refractivity contribution in [2.24, 2.45) is 0 Å². The fraction of sp³-hybridized carbons (Fsp3) is 0.174. The van der Waals surface area contributed by atoms with Gasteiger partial charge in [-0.1, -0.05) is 42.1 Å². The van der Waals surface area contributed by atoms with E-state index in [4.69, 9.17) is 9.47 Å². The number of methoxy groups -OCH3 is 2. The van der Waals surface area contributed by atoms with E-state index < -0.39 is 22.5 Å². The molecule has 0 atom stereocenters. The quantitative estimate of drug-likeness (QED) is 0.501. The summed E-state index contributed by atoms with van der Waals surface area (Å²) >= 11 is 1.50. The van der Waals surface area contributed by atoms with Gasteiger partial charge in [-0.25, -0.2) is 8.42 Å². The fourth-order valence-corrected chi connectivity index (χ4v) is 4.74. The highest BCUT2D eigenvalue weighted by atomic mass is 32.2. The molecular weight excluding hydrogens is 448 g/mol. The van der Waals surface area contributed by atoms with E-state index in [1.807, 2.05) is 48.5 Å². The van der Waals surface area contributed by atoms with Gasteiger partial charge in [-0.05, 0) is 36.4 Å². The van der Waals surface area contributed by atoms with Gasteiger partial charge in [0, 0.05) is 15.9 Å². The summed E-state index contributed by atoms with van der Waals surface area (Å²) in [5.41, 5.74) is 0.814. The van der Waals surface area contributed by atoms with E-state index in [1.165, 1.54) is 32.0 Å². The second-order valence-corrected chi connectivity index (χ2v) is 9.79. The normalized spacial score (nSPS) is 11.0. The molecule has 32 heavy (non-hydrogen) atoms. The first kappa shape index (κ1) is 23.5. The Morgan fingerprint density at radius 2 is 1.66 bits per heavy atom. The molecule has 1 amide bonds. The SMILES string of the molecule is COc1ccc(OC)c(N(CC(=O)Nc2ccccc2Sc2ccccc2)S(C)(=O)=O)c1. The van der Waals surface area contributed by atoms with Gasteiger partial charge < -0.3 is 14.8 Å². The van der Waals surface area contributed by atoms with Crippen LogP contribution in [0.25, 0.3) is 0 Å². The number of nitrogens with one attached hydrogen (secondary N) is 1. The lowest BCUT2D eigenvalue weighted by Crippen LogP contribution is -2.37. The number of carbonyl (C=O) groups excluding carboxylic acids is 1. The van der Waals surface area contributed by atoms with Crippen molar-refractivity contribution in [3.05, 3.63) is 72.8 Å². The van der Waals surface area contributed by atoms with Crippen LogP contribution in [0, 0.1) is 0 Å². The summed E-state index contributed by atoms with van der Waals surface area (Å²) in [6, 6.07) is 21.9. The summed E-state index contributed by atoms with van der Waals surface area (Å²) in [6.07, 6.45) is 1.04. The Bertz CT molecular complexity index is 1180. The van der Waals surface area contributed by atoms with Gasteiger partial charge in [0.1, 0.15) is 18.0 Å². The molecule has 0 unspecified atom stereocenters. The van der Waals surface area contributed by atoms with Crippen molar-refractivity contribution < 1.29 is 22.7 Å². The molecule has 0 aliphatic carbocycles. The van der Waals surface area contributed by atoms with E-state index in [0.717, 1.165) is 20.4 Å². The average molecular weight is 473 g/mol. The van der Waals surface area contributed by atoms with Crippen LogP contribution in [0.4, 0.5) is 11.4 Å². The third-order valence-corrected chi connectivity index (χ3v) is 6.68. The Morgan fingerprint density at radius 1 is 0.969 bits per heavy atom. The van der Waals surface area contributed by atoms with E-state index in [0.29, 0.717) is 17.2 Å². The zero-order valence-corrected chi connectivity index (χ0v) is 19.6. The third kappa shape index (κ3) is 5.95. The molecule has 0 saturated heterocycles. The topological polar surface area (TPSA) is 84.9 Å². The number of anilines is 2. The second-order valence-electron chi connectivity index (χ2n) is 6.77. The number of hydrogen-bond acceptors (Lipinski definition) is 6. The number of rotatable bonds is 9. The van der Waals surface area contributed by atoms with Crippen molar-refractivity contribution in [3.8, 4) is 11.5 Å². The Hall–Kier alpha value is -3.17. The maximum Gasteiger partial charge on any atom is 0.245 e. The number of benzene rings is 3. The molecule has 0 spiro atoms. The number of nitrogens with zero attached hydrogens (tertiary/aromatic N) is 1. The van der Waals surface area contributed by atoms with Crippen LogP contribution in [0.2, 0.25) is 0 Å². The molecule has 9 heteroatoms. The molecule has 3 aromatic rings. The maximum absolute atomic E-state index is 12.9. The van der Waals surface area contributed by atoms with Gasteiger partial charge in [0.05, 0.1) is 31.9 Å². The maximum atomic E-state index is 12.9. The Labute approximate surface area is 192 Å². The summed E-state index contributed by atoms with van der Waals surface area (Å²) in [7, 11) is -0.880. The summed E-state index contributed by atoms with van der Waals surface area (Å²) in [6.45, 7) is -0.424. The van der Waals surface area contributed by atoms with Gasteiger partial charge in [0.2, 0.25) is 15.9 Å². The van der Waals surface area contributed by atoms with E-state index in [2.05, 4.69) is 5.32 Å². The molecular formula is C23H24N2O5S2. The molecule has 0 saturated carbocycles. The molecule has 7 nitrogen and oxygen atoms in total. The standard InChI is InChI=1S/C23H24N2O5S2/c1-29-17-13-14-21(30-2)20(15-17)25(32(3,27)28)16-23(26)24-19-11-7-8-12-22(19)31-18-9-5-4-6-10-18/h4-15H,16H2,1-3H3,(H,24,26). The third-order valence-electron chi connectivity index (χ3n) is 4.47. The molecule has 168 valence electrons. The van der Waals surface area contributed by atoms with Crippen molar-refractivity contribution in [3.63, 3.8) is 0 Å². The fourth-order valence-electron chi connectivity index (χ4n) is 2.97. The first-order chi connectivity index (χ1) is 15.3. The smallest absolute Gasteiger partial charge is 0.245 e. The Kier molecular flexibility index (Phi) is 7.66. The highest BCUT2D eigenvalue weighted by Gasteiger charge is 2.25. The number of ether oxygens (including phenoxy) is 2. The largest absolute Gasteiger partial charge is 0.497 e. The lowest BCUT2D eigenvalue weighted by molar-refractivity contribution is -0.114. The van der Waals surface area contributed by atoms with Crippen LogP contribution < -0.4 is 19.1 Å². The van der Waals surface area contributed by atoms with Crippen molar-refractivity contribution in [1.29, 1.82) is 0 Å². The molecule has 0 fully saturated rings. The van der Waals surface area contributed by atoms with Crippen molar-refractivity contribution >= 4 is 39.1 Å². The number of amides is 1. The van der Waals surface area contributed by atoms with Crippen molar-refractivity contribution in [2.45, 2.75) is 9.79 Å². The van der Waals surface area contributed by atoms with Gasteiger partial charge in [0.25, 0.3) is 0 Å². The molecule has 3 aromatic carbocycles. The zero-order chi connectivity index (χ0) is 23.1. The van der Waals surface area contributed by atoms with Gasteiger partial charge in [-0.15, -0.1) is 0 Å². The predicted octanol–water partition coefficient (Wildman–Crippen LogP) is 4.26. The average Bonchev–Trinajstić information content (AvgIpc) is 2.78. The molecule has 3 rings (SSSR count). The van der Waals surface area contributed by atoms with Crippen LogP contribution in [0.3, 0.4) is 0 Å². The van der Waals surface area contributed by atoms with Gasteiger partial charge in [0.15, 0.2) is 0 Å². The van der Waals surface area contributed by atoms with Crippen LogP contribution in [-0.4, -0.2) is 41.3 Å². The number of para-hydroxylation sites is 1. The molecule has 0 aromatic heterocycles. The highest BCUT2D eigenvalue weighted by molar-refractivity contribution is 7.99. The summed E-state index contributed by atoms with van der Waals surface area (Å²) in [5.74, 6) is 0.268. The predicted molar refractivity (Wildman–Crippen MR) is 127 cm³/mol. The molecule has 0 aliphatic heterocycles. The van der Waals surface area contributed by atoms with Crippen molar-refractivity contribution in [1.82, 2.24) is 0 Å². The first-order valence-electron chi connectivity index (χ1n) is 9.63. The Morgan fingerprint density at radius 3 is 2.31 bits per heavy atom. The minimum Gasteiger partial charge on any atom is -0.497 e. The summed E-state index contributed by atoms with van der Waals surface area (Å²) < 4.78 is 36.6. The molecule has 0 heterocycles. The summed E-state index contributed by atoms with van der Waals surface area (Å²) in [5, 5.41) is 2.83. The van der Waals surface area contributed by atoms with Crippen LogP contribution in [0.5, 0.6) is 11.5 Å². The highest BCUT2D eigenvalue weighted by Crippen LogP contribution is 2.35. The van der Waals surface area contributed by atoms with Gasteiger partial charge in [-0.3, -0.25) is 9.10 Å². The molecule has 0 radical (unpaired) electrons. The zero-order valence-electron chi connectivity index (χ0n) is 17.9. The lowest BCUT2D eigenvalue weighted by atomic mass is 10.2. The van der Waals surface area contributed by atoms with Gasteiger partial charge >= 0.3 is 0 Å². The van der Waals surface area contributed by atoms with E-state index in [1.54, 1.807) is 18.2 Å². The molecule has 0 bridgehead atoms. The van der Waals surface area contributed by atoms with E-state index in [9.17, 15) is 13.2 Å². The Balaban J connectivity index is 1.86. The van der Waals surface area contributed by atoms with Crippen molar-refractivity contribution in [2.75, 3.05) is 36.6 Å². The molecule has 1 N–H and O–H groups in total. The second kappa shape index (κ2) is 10.4. The number of hydrogen-bond donors (Lipinski definition) is 1.